The SMILES string of the molecule is C[C@H](Oc1ccc(F)cn1)C1CN(C(=O)N2CCN(S(C)(=O)=O)CC2)CC1c1ccc(Cl)c(Cl)c1. The average molecular weight is 545 g/mol. The van der Waals surface area contributed by atoms with Gasteiger partial charge in [-0.3, -0.25) is 0 Å². The number of hydrogen-bond donors (Lipinski definition) is 0. The van der Waals surface area contributed by atoms with Crippen LogP contribution in [-0.2, 0) is 10.0 Å². The van der Waals surface area contributed by atoms with Crippen LogP contribution in [0.4, 0.5) is 9.18 Å². The van der Waals surface area contributed by atoms with Crippen LogP contribution in [0, 0.1) is 11.7 Å². The summed E-state index contributed by atoms with van der Waals surface area (Å²) in [5.74, 6) is -0.331. The molecule has 3 atom stereocenters. The van der Waals surface area contributed by atoms with Gasteiger partial charge in [-0.1, -0.05) is 29.3 Å². The van der Waals surface area contributed by atoms with E-state index in [1.54, 1.807) is 15.9 Å². The number of ether oxygens (including phenoxy) is 1. The van der Waals surface area contributed by atoms with Crippen LogP contribution in [0.15, 0.2) is 36.5 Å². The lowest BCUT2D eigenvalue weighted by molar-refractivity contribution is 0.126. The van der Waals surface area contributed by atoms with Gasteiger partial charge in [0.25, 0.3) is 0 Å². The second kappa shape index (κ2) is 10.5. The van der Waals surface area contributed by atoms with Crippen molar-refractivity contribution in [2.45, 2.75) is 18.9 Å². The van der Waals surface area contributed by atoms with E-state index in [9.17, 15) is 17.6 Å². The first-order chi connectivity index (χ1) is 16.5. The molecular weight excluding hydrogens is 518 g/mol. The Morgan fingerprint density at radius 2 is 1.80 bits per heavy atom. The van der Waals surface area contributed by atoms with E-state index < -0.39 is 15.8 Å². The molecule has 0 bridgehead atoms. The molecule has 0 N–H and O–H groups in total. The summed E-state index contributed by atoms with van der Waals surface area (Å²) < 4.78 is 44.3. The topological polar surface area (TPSA) is 83.1 Å². The monoisotopic (exact) mass is 544 g/mol. The molecule has 35 heavy (non-hydrogen) atoms. The minimum absolute atomic E-state index is 0.0820. The molecule has 2 unspecified atom stereocenters. The zero-order valence-corrected chi connectivity index (χ0v) is 21.7. The molecule has 0 saturated carbocycles. The highest BCUT2D eigenvalue weighted by molar-refractivity contribution is 7.88. The molecule has 0 radical (unpaired) electrons. The van der Waals surface area contributed by atoms with Crippen molar-refractivity contribution in [3.05, 3.63) is 58.0 Å². The zero-order chi connectivity index (χ0) is 25.3. The summed E-state index contributed by atoms with van der Waals surface area (Å²) in [4.78, 5) is 20.8. The quantitative estimate of drug-likeness (QED) is 0.573. The predicted octanol–water partition coefficient (Wildman–Crippen LogP) is 3.71. The lowest BCUT2D eigenvalue weighted by atomic mass is 9.86. The molecule has 3 heterocycles. The summed E-state index contributed by atoms with van der Waals surface area (Å²) in [7, 11) is -3.29. The highest BCUT2D eigenvalue weighted by Crippen LogP contribution is 2.38. The fourth-order valence-electron chi connectivity index (χ4n) is 4.68. The van der Waals surface area contributed by atoms with E-state index in [0.717, 1.165) is 11.8 Å². The van der Waals surface area contributed by atoms with Crippen LogP contribution in [0.1, 0.15) is 18.4 Å². The molecule has 2 aliphatic heterocycles. The number of piperazine rings is 1. The molecule has 1 aromatic carbocycles. The van der Waals surface area contributed by atoms with Gasteiger partial charge < -0.3 is 14.5 Å². The highest BCUT2D eigenvalue weighted by atomic mass is 35.5. The number of amides is 2. The fraction of sp³-hybridized carbons (Fsp3) is 0.478. The van der Waals surface area contributed by atoms with E-state index in [2.05, 4.69) is 4.98 Å². The number of nitrogens with zero attached hydrogens (tertiary/aromatic N) is 4. The van der Waals surface area contributed by atoms with Gasteiger partial charge in [-0.05, 0) is 30.7 Å². The number of pyridine rings is 1. The van der Waals surface area contributed by atoms with Crippen molar-refractivity contribution in [2.75, 3.05) is 45.5 Å². The van der Waals surface area contributed by atoms with Crippen LogP contribution in [0.2, 0.25) is 10.0 Å². The molecule has 2 fully saturated rings. The predicted molar refractivity (Wildman–Crippen MR) is 132 cm³/mol. The van der Waals surface area contributed by atoms with Crippen molar-refractivity contribution in [1.29, 1.82) is 0 Å². The minimum atomic E-state index is -3.29. The number of likely N-dealkylation sites (tertiary alicyclic amines) is 1. The molecule has 0 spiro atoms. The minimum Gasteiger partial charge on any atom is -0.474 e. The van der Waals surface area contributed by atoms with E-state index in [-0.39, 0.29) is 37.1 Å². The molecule has 8 nitrogen and oxygen atoms in total. The molecule has 190 valence electrons. The summed E-state index contributed by atoms with van der Waals surface area (Å²) in [6, 6.07) is 8.05. The second-order valence-electron chi connectivity index (χ2n) is 8.92. The number of carbonyl (C=O) groups is 1. The number of sulfonamides is 1. The van der Waals surface area contributed by atoms with Crippen molar-refractivity contribution in [2.24, 2.45) is 5.92 Å². The Bertz CT molecular complexity index is 1180. The number of rotatable bonds is 5. The van der Waals surface area contributed by atoms with Crippen molar-refractivity contribution >= 4 is 39.3 Å². The largest absolute Gasteiger partial charge is 0.474 e. The second-order valence-corrected chi connectivity index (χ2v) is 11.7. The molecule has 2 amide bonds. The van der Waals surface area contributed by atoms with Gasteiger partial charge in [0.1, 0.15) is 11.9 Å². The molecule has 0 aliphatic carbocycles. The first-order valence-corrected chi connectivity index (χ1v) is 13.9. The Hall–Kier alpha value is -2.14. The molecule has 4 rings (SSSR count). The number of halogens is 3. The Morgan fingerprint density at radius 1 is 1.09 bits per heavy atom. The van der Waals surface area contributed by atoms with E-state index >= 15 is 0 Å². The molecule has 2 saturated heterocycles. The van der Waals surface area contributed by atoms with Crippen LogP contribution in [-0.4, -0.2) is 85.2 Å². The van der Waals surface area contributed by atoms with Crippen LogP contribution in [0.25, 0.3) is 0 Å². The van der Waals surface area contributed by atoms with E-state index in [0.29, 0.717) is 42.1 Å². The van der Waals surface area contributed by atoms with Gasteiger partial charge in [-0.2, -0.15) is 4.31 Å². The third kappa shape index (κ3) is 5.99. The normalized spacial score (nSPS) is 22.3. The first kappa shape index (κ1) is 25.9. The van der Waals surface area contributed by atoms with Crippen molar-refractivity contribution in [3.8, 4) is 5.88 Å². The lowest BCUT2D eigenvalue weighted by Gasteiger charge is -2.35. The summed E-state index contributed by atoms with van der Waals surface area (Å²) in [5, 5.41) is 0.875. The van der Waals surface area contributed by atoms with Gasteiger partial charge >= 0.3 is 6.03 Å². The summed E-state index contributed by atoms with van der Waals surface area (Å²) in [5.41, 5.74) is 0.934. The third-order valence-electron chi connectivity index (χ3n) is 6.60. The smallest absolute Gasteiger partial charge is 0.320 e. The molecule has 1 aromatic heterocycles. The Balaban J connectivity index is 1.52. The maximum absolute atomic E-state index is 13.4. The number of aromatic nitrogens is 1. The van der Waals surface area contributed by atoms with Crippen molar-refractivity contribution in [3.63, 3.8) is 0 Å². The van der Waals surface area contributed by atoms with Gasteiger partial charge in [0.15, 0.2) is 0 Å². The zero-order valence-electron chi connectivity index (χ0n) is 19.4. The average Bonchev–Trinajstić information content (AvgIpc) is 3.27. The van der Waals surface area contributed by atoms with Crippen LogP contribution < -0.4 is 4.74 Å². The number of carbonyl (C=O) groups excluding carboxylic acids is 1. The number of hydrogen-bond acceptors (Lipinski definition) is 5. The molecule has 2 aliphatic rings. The van der Waals surface area contributed by atoms with Gasteiger partial charge in [0, 0.05) is 57.2 Å². The molecule has 12 heteroatoms. The Morgan fingerprint density at radius 3 is 2.40 bits per heavy atom. The fourth-order valence-corrected chi connectivity index (χ4v) is 5.81. The highest BCUT2D eigenvalue weighted by Gasteiger charge is 2.42. The van der Waals surface area contributed by atoms with Crippen LogP contribution in [0.5, 0.6) is 5.88 Å². The number of urea groups is 1. The van der Waals surface area contributed by atoms with E-state index in [4.69, 9.17) is 27.9 Å². The van der Waals surface area contributed by atoms with Gasteiger partial charge in [0.2, 0.25) is 15.9 Å². The summed E-state index contributed by atoms with van der Waals surface area (Å²) >= 11 is 12.4. The Kier molecular flexibility index (Phi) is 7.75. The Labute approximate surface area is 214 Å². The molecule has 2 aromatic rings. The van der Waals surface area contributed by atoms with Crippen molar-refractivity contribution < 1.29 is 22.3 Å². The summed E-state index contributed by atoms with van der Waals surface area (Å²) in [6.07, 6.45) is 1.93. The first-order valence-electron chi connectivity index (χ1n) is 11.2. The van der Waals surface area contributed by atoms with Gasteiger partial charge in [-0.25, -0.2) is 22.6 Å². The van der Waals surface area contributed by atoms with Crippen LogP contribution in [0.3, 0.4) is 0 Å². The standard InChI is InChI=1S/C23H27Cl2FN4O4S/c1-15(34-22-6-4-17(26)12-27-22)18-13-29(14-19(18)16-3-5-20(24)21(25)11-16)23(31)28-7-9-30(10-8-28)35(2,32)33/h3-6,11-12,15,18-19H,7-10,13-14H2,1-2H3/t15-,18?,19?/m0/s1. The summed E-state index contributed by atoms with van der Waals surface area (Å²) in [6.45, 7) is 3.98. The van der Waals surface area contributed by atoms with Gasteiger partial charge in [-0.15, -0.1) is 0 Å². The maximum atomic E-state index is 13.4. The molecular formula is C23H27Cl2FN4O4S. The number of benzene rings is 1. The van der Waals surface area contributed by atoms with Crippen LogP contribution >= 0.6 is 23.2 Å². The van der Waals surface area contributed by atoms with Gasteiger partial charge in [0.05, 0.1) is 22.5 Å². The lowest BCUT2D eigenvalue weighted by Crippen LogP contribution is -2.53. The third-order valence-corrected chi connectivity index (χ3v) is 8.64. The maximum Gasteiger partial charge on any atom is 0.320 e. The van der Waals surface area contributed by atoms with Crippen molar-refractivity contribution in [1.82, 2.24) is 19.1 Å². The van der Waals surface area contributed by atoms with E-state index in [1.165, 1.54) is 22.7 Å². The van der Waals surface area contributed by atoms with E-state index in [1.807, 2.05) is 19.1 Å².